The third kappa shape index (κ3) is 8.43. The number of rotatable bonds is 9. The van der Waals surface area contributed by atoms with Gasteiger partial charge >= 0.3 is 0 Å². The lowest BCUT2D eigenvalue weighted by molar-refractivity contribution is -0.115. The molecule has 3 aromatic carbocycles. The molecule has 3 amide bonds. The first-order valence-corrected chi connectivity index (χ1v) is 17.7. The highest BCUT2D eigenvalue weighted by molar-refractivity contribution is 8.00. The molecule has 3 N–H and O–H groups in total. The molecule has 48 heavy (non-hydrogen) atoms. The van der Waals surface area contributed by atoms with Crippen LogP contribution in [-0.4, -0.2) is 23.0 Å². The molecule has 0 fully saturated rings. The van der Waals surface area contributed by atoms with E-state index in [4.69, 9.17) is 0 Å². The van der Waals surface area contributed by atoms with Crippen molar-refractivity contribution in [3.63, 3.8) is 0 Å². The number of nitrogens with zero attached hydrogens (tertiary/aromatic N) is 1. The summed E-state index contributed by atoms with van der Waals surface area (Å²) in [5, 5.41) is 18.8. The molecule has 1 heterocycles. The number of aryl methyl sites for hydroxylation is 1. The monoisotopic (exact) mass is 676 g/mol. The Bertz CT molecular complexity index is 1900. The Morgan fingerprint density at radius 3 is 2.44 bits per heavy atom. The zero-order valence-electron chi connectivity index (χ0n) is 27.8. The lowest BCUT2D eigenvalue weighted by atomic mass is 9.72. The molecule has 5 rings (SSSR count). The minimum absolute atomic E-state index is 0.102. The number of thioether (sulfide) groups is 1. The molecule has 0 bridgehead atoms. The van der Waals surface area contributed by atoms with Gasteiger partial charge < -0.3 is 16.0 Å². The Morgan fingerprint density at radius 2 is 1.73 bits per heavy atom. The van der Waals surface area contributed by atoms with Gasteiger partial charge in [-0.2, -0.15) is 5.26 Å². The number of hydrogen-bond donors (Lipinski definition) is 3. The highest BCUT2D eigenvalue weighted by atomic mass is 32.2. The highest BCUT2D eigenvalue weighted by Crippen LogP contribution is 2.44. The Morgan fingerprint density at radius 1 is 1.00 bits per heavy atom. The zero-order chi connectivity index (χ0) is 34.4. The Hall–Kier alpha value is -4.65. The quantitative estimate of drug-likeness (QED) is 0.121. The third-order valence-electron chi connectivity index (χ3n) is 8.63. The standard InChI is InChI=1S/C39H40N4O3S2/c1-24-12-9-10-15-27(24)20-33(42-36(45)26-13-7-6-8-14-26)37(46)41-29-16-11-17-30(22-29)47-25(2)35(44)43-38-32(23-40)31-19-18-28(39(3,4)5)21-34(31)48-38/h6-17,20,22,25,28H,18-19,21H2,1-5H3,(H,41,46)(H,42,45)(H,43,44)/b33-20-. The predicted octanol–water partition coefficient (Wildman–Crippen LogP) is 8.61. The number of benzene rings is 3. The summed E-state index contributed by atoms with van der Waals surface area (Å²) in [6.45, 7) is 10.5. The summed E-state index contributed by atoms with van der Waals surface area (Å²) in [4.78, 5) is 41.9. The van der Waals surface area contributed by atoms with E-state index in [2.05, 4.69) is 42.8 Å². The molecular formula is C39H40N4O3S2. The minimum Gasteiger partial charge on any atom is -0.321 e. The van der Waals surface area contributed by atoms with Crippen LogP contribution < -0.4 is 16.0 Å². The second kappa shape index (κ2) is 15.1. The van der Waals surface area contributed by atoms with Crippen molar-refractivity contribution in [1.82, 2.24) is 5.32 Å². The van der Waals surface area contributed by atoms with Crippen LogP contribution >= 0.6 is 23.1 Å². The van der Waals surface area contributed by atoms with Crippen molar-refractivity contribution in [3.05, 3.63) is 117 Å². The van der Waals surface area contributed by atoms with Gasteiger partial charge in [0.05, 0.1) is 10.8 Å². The number of fused-ring (bicyclic) bond motifs is 1. The van der Waals surface area contributed by atoms with E-state index in [0.717, 1.165) is 40.8 Å². The molecule has 4 aromatic rings. The lowest BCUT2D eigenvalue weighted by Gasteiger charge is -2.33. The molecular weight excluding hydrogens is 637 g/mol. The van der Waals surface area contributed by atoms with E-state index in [9.17, 15) is 19.6 Å². The number of carbonyl (C=O) groups excluding carboxylic acids is 3. The number of amides is 3. The summed E-state index contributed by atoms with van der Waals surface area (Å²) in [5.41, 5.74) is 4.68. The Balaban J connectivity index is 1.28. The summed E-state index contributed by atoms with van der Waals surface area (Å²) >= 11 is 2.89. The van der Waals surface area contributed by atoms with Crippen LogP contribution in [0.2, 0.25) is 0 Å². The lowest BCUT2D eigenvalue weighted by Crippen LogP contribution is -2.30. The summed E-state index contributed by atoms with van der Waals surface area (Å²) in [6.07, 6.45) is 4.48. The van der Waals surface area contributed by atoms with Gasteiger partial charge in [-0.05, 0) is 97.5 Å². The van der Waals surface area contributed by atoms with E-state index in [1.54, 1.807) is 42.5 Å². The van der Waals surface area contributed by atoms with Gasteiger partial charge in [-0.15, -0.1) is 23.1 Å². The maximum Gasteiger partial charge on any atom is 0.272 e. The van der Waals surface area contributed by atoms with Gasteiger partial charge in [0.1, 0.15) is 16.8 Å². The largest absolute Gasteiger partial charge is 0.321 e. The molecule has 7 nitrogen and oxygen atoms in total. The van der Waals surface area contributed by atoms with Gasteiger partial charge in [-0.25, -0.2) is 0 Å². The van der Waals surface area contributed by atoms with Gasteiger partial charge in [0.25, 0.3) is 11.8 Å². The first-order valence-electron chi connectivity index (χ1n) is 16.0. The van der Waals surface area contributed by atoms with E-state index >= 15 is 0 Å². The number of hydrogen-bond acceptors (Lipinski definition) is 6. The van der Waals surface area contributed by atoms with Crippen molar-refractivity contribution in [2.24, 2.45) is 11.3 Å². The van der Waals surface area contributed by atoms with Crippen molar-refractivity contribution in [3.8, 4) is 6.07 Å². The van der Waals surface area contributed by atoms with Crippen LogP contribution in [0.1, 0.15) is 71.6 Å². The average molecular weight is 677 g/mol. The van der Waals surface area contributed by atoms with Gasteiger partial charge in [-0.1, -0.05) is 69.3 Å². The maximum absolute atomic E-state index is 13.6. The molecule has 1 aromatic heterocycles. The Labute approximate surface area is 290 Å². The van der Waals surface area contributed by atoms with Crippen molar-refractivity contribution in [1.29, 1.82) is 5.26 Å². The molecule has 246 valence electrons. The summed E-state index contributed by atoms with van der Waals surface area (Å²) < 4.78 is 0. The summed E-state index contributed by atoms with van der Waals surface area (Å²) in [7, 11) is 0. The van der Waals surface area contributed by atoms with Crippen LogP contribution in [0.25, 0.3) is 6.08 Å². The number of nitriles is 1. The van der Waals surface area contributed by atoms with E-state index in [1.165, 1.54) is 28.0 Å². The summed E-state index contributed by atoms with van der Waals surface area (Å²) in [5.74, 6) is -0.524. The highest BCUT2D eigenvalue weighted by Gasteiger charge is 2.32. The topological polar surface area (TPSA) is 111 Å². The van der Waals surface area contributed by atoms with Gasteiger partial charge in [-0.3, -0.25) is 14.4 Å². The van der Waals surface area contributed by atoms with Crippen LogP contribution in [0.5, 0.6) is 0 Å². The molecule has 0 aliphatic heterocycles. The van der Waals surface area contributed by atoms with E-state index in [0.29, 0.717) is 27.7 Å². The molecule has 0 saturated carbocycles. The van der Waals surface area contributed by atoms with Crippen molar-refractivity contribution >= 4 is 57.6 Å². The third-order valence-corrected chi connectivity index (χ3v) is 10.9. The van der Waals surface area contributed by atoms with E-state index in [1.807, 2.05) is 56.3 Å². The van der Waals surface area contributed by atoms with E-state index in [-0.39, 0.29) is 17.0 Å². The van der Waals surface area contributed by atoms with Crippen molar-refractivity contribution < 1.29 is 14.4 Å². The fourth-order valence-corrected chi connectivity index (χ4v) is 7.90. The fourth-order valence-electron chi connectivity index (χ4n) is 5.69. The molecule has 0 spiro atoms. The first-order chi connectivity index (χ1) is 22.9. The van der Waals surface area contributed by atoms with Crippen molar-refractivity contribution in [2.75, 3.05) is 10.6 Å². The maximum atomic E-state index is 13.6. The molecule has 2 atom stereocenters. The van der Waals surface area contributed by atoms with E-state index < -0.39 is 17.1 Å². The van der Waals surface area contributed by atoms with Gasteiger partial charge in [0, 0.05) is 21.0 Å². The molecule has 0 saturated heterocycles. The smallest absolute Gasteiger partial charge is 0.272 e. The van der Waals surface area contributed by atoms with Crippen LogP contribution in [-0.2, 0) is 22.4 Å². The number of nitrogens with one attached hydrogen (secondary N) is 3. The van der Waals surface area contributed by atoms with Gasteiger partial charge in [0.15, 0.2) is 0 Å². The average Bonchev–Trinajstić information content (AvgIpc) is 3.41. The fraction of sp³-hybridized carbons (Fsp3) is 0.282. The van der Waals surface area contributed by atoms with Gasteiger partial charge in [0.2, 0.25) is 5.91 Å². The predicted molar refractivity (Wildman–Crippen MR) is 196 cm³/mol. The number of carbonyl (C=O) groups is 3. The first kappa shape index (κ1) is 34.7. The zero-order valence-corrected chi connectivity index (χ0v) is 29.5. The van der Waals surface area contributed by atoms with Crippen molar-refractivity contribution in [2.45, 2.75) is 64.0 Å². The normalized spacial score (nSPS) is 15.1. The van der Waals surface area contributed by atoms with Crippen LogP contribution in [0.3, 0.4) is 0 Å². The number of anilines is 2. The summed E-state index contributed by atoms with van der Waals surface area (Å²) in [6, 6.07) is 25.9. The second-order valence-electron chi connectivity index (χ2n) is 13.1. The van der Waals surface area contributed by atoms with Crippen LogP contribution in [0.15, 0.2) is 89.5 Å². The van der Waals surface area contributed by atoms with Crippen LogP contribution in [0, 0.1) is 29.6 Å². The molecule has 1 aliphatic carbocycles. The molecule has 0 radical (unpaired) electrons. The minimum atomic E-state index is -0.477. The molecule has 1 aliphatic rings. The van der Waals surface area contributed by atoms with Crippen LogP contribution in [0.4, 0.5) is 10.7 Å². The molecule has 2 unspecified atom stereocenters. The molecule has 9 heteroatoms. The number of thiophene rings is 1. The SMILES string of the molecule is Cc1ccccc1/C=C(\NC(=O)c1ccccc1)C(=O)Nc1cccc(SC(C)C(=O)Nc2sc3c(c2C#N)CCC(C(C)(C)C)C3)c1. The Kier molecular flexibility index (Phi) is 10.9. The second-order valence-corrected chi connectivity index (χ2v) is 15.6.